The minimum Gasteiger partial charge on any atom is -0.271 e. The lowest BCUT2D eigenvalue weighted by Gasteiger charge is -2.03. The van der Waals surface area contributed by atoms with E-state index in [1.165, 1.54) is 0 Å². The number of nitrogens with zero attached hydrogens (tertiary/aromatic N) is 4. The van der Waals surface area contributed by atoms with Crippen LogP contribution in [0.3, 0.4) is 0 Å². The van der Waals surface area contributed by atoms with E-state index in [9.17, 15) is 0 Å². The fourth-order valence-electron chi connectivity index (χ4n) is 1.24. The Hall–Kier alpha value is -1.23. The van der Waals surface area contributed by atoms with Gasteiger partial charge in [0, 0.05) is 23.4 Å². The average molecular weight is 267 g/mol. The molecule has 78 valence electrons. The predicted molar refractivity (Wildman–Crippen MR) is 61.3 cm³/mol. The Morgan fingerprint density at radius 3 is 2.33 bits per heavy atom. The second-order valence-corrected chi connectivity index (χ2v) is 3.87. The van der Waals surface area contributed by atoms with Gasteiger partial charge in [-0.2, -0.15) is 0 Å². The van der Waals surface area contributed by atoms with Gasteiger partial charge in [0.1, 0.15) is 6.33 Å². The molecule has 0 bridgehead atoms. The molecule has 0 saturated heterocycles. The number of imidazole rings is 1. The minimum absolute atomic E-state index is 0.665. The highest BCUT2D eigenvalue weighted by Gasteiger charge is 2.06. The van der Waals surface area contributed by atoms with Gasteiger partial charge in [0.05, 0.1) is 5.69 Å². The monoisotopic (exact) mass is 266 g/mol. The second kappa shape index (κ2) is 4.10. The fourth-order valence-corrected chi connectivity index (χ4v) is 1.53. The van der Waals surface area contributed by atoms with Crippen molar-refractivity contribution in [2.75, 3.05) is 0 Å². The van der Waals surface area contributed by atoms with Crippen molar-refractivity contribution in [1.29, 1.82) is 0 Å². The maximum Gasteiger partial charge on any atom is 0.235 e. The van der Waals surface area contributed by atoms with Crippen molar-refractivity contribution in [3.63, 3.8) is 0 Å². The first kappa shape index (κ1) is 10.3. The van der Waals surface area contributed by atoms with Crippen molar-refractivity contribution >= 4 is 15.9 Å². The molecule has 0 fully saturated rings. The lowest BCUT2D eigenvalue weighted by atomic mass is 10.4. The van der Waals surface area contributed by atoms with Crippen LogP contribution in [0.1, 0.15) is 17.0 Å². The summed E-state index contributed by atoms with van der Waals surface area (Å²) in [6, 6.07) is 0. The van der Waals surface area contributed by atoms with Crippen LogP contribution >= 0.6 is 15.9 Å². The van der Waals surface area contributed by atoms with Gasteiger partial charge >= 0.3 is 0 Å². The summed E-state index contributed by atoms with van der Waals surface area (Å²) in [7, 11) is 0. The topological polar surface area (TPSA) is 43.6 Å². The molecule has 4 nitrogen and oxygen atoms in total. The van der Waals surface area contributed by atoms with E-state index in [1.54, 1.807) is 6.33 Å². The SMILES string of the molecule is Cc1ncn(-c2ncc(CBr)cn2)c1C. The molecule has 0 aliphatic carbocycles. The van der Waals surface area contributed by atoms with E-state index in [4.69, 9.17) is 0 Å². The third-order valence-electron chi connectivity index (χ3n) is 2.31. The number of hydrogen-bond acceptors (Lipinski definition) is 3. The summed E-state index contributed by atoms with van der Waals surface area (Å²) in [5.74, 6) is 0.665. The summed E-state index contributed by atoms with van der Waals surface area (Å²) in [6.45, 7) is 3.97. The summed E-state index contributed by atoms with van der Waals surface area (Å²) < 4.78 is 1.88. The lowest BCUT2D eigenvalue weighted by molar-refractivity contribution is 0.888. The van der Waals surface area contributed by atoms with Crippen LogP contribution in [0.25, 0.3) is 5.95 Å². The van der Waals surface area contributed by atoms with E-state index >= 15 is 0 Å². The molecule has 2 heterocycles. The van der Waals surface area contributed by atoms with Crippen molar-refractivity contribution < 1.29 is 0 Å². The molecule has 0 atom stereocenters. The normalized spacial score (nSPS) is 10.6. The Labute approximate surface area is 96.5 Å². The maximum atomic E-state index is 4.28. The Morgan fingerprint density at radius 2 is 1.87 bits per heavy atom. The van der Waals surface area contributed by atoms with Crippen molar-refractivity contribution in [3.05, 3.63) is 35.7 Å². The molecule has 2 aromatic heterocycles. The van der Waals surface area contributed by atoms with Crippen LogP contribution in [0.4, 0.5) is 0 Å². The Kier molecular flexibility index (Phi) is 2.81. The van der Waals surface area contributed by atoms with E-state index in [0.29, 0.717) is 5.95 Å². The van der Waals surface area contributed by atoms with Crippen LogP contribution in [0.2, 0.25) is 0 Å². The van der Waals surface area contributed by atoms with Gasteiger partial charge in [-0.15, -0.1) is 0 Å². The van der Waals surface area contributed by atoms with E-state index in [2.05, 4.69) is 30.9 Å². The highest BCUT2D eigenvalue weighted by Crippen LogP contribution is 2.10. The summed E-state index contributed by atoms with van der Waals surface area (Å²) >= 11 is 3.36. The summed E-state index contributed by atoms with van der Waals surface area (Å²) in [6.07, 6.45) is 5.37. The van der Waals surface area contributed by atoms with E-state index in [-0.39, 0.29) is 0 Å². The molecule has 0 aliphatic heterocycles. The second-order valence-electron chi connectivity index (χ2n) is 3.31. The van der Waals surface area contributed by atoms with Gasteiger partial charge in [-0.05, 0) is 19.4 Å². The van der Waals surface area contributed by atoms with Crippen molar-refractivity contribution in [2.24, 2.45) is 0 Å². The highest BCUT2D eigenvalue weighted by atomic mass is 79.9. The first-order valence-electron chi connectivity index (χ1n) is 4.60. The molecule has 2 aromatic rings. The molecule has 0 N–H and O–H groups in total. The molecule has 0 saturated carbocycles. The van der Waals surface area contributed by atoms with Crippen LogP contribution in [-0.4, -0.2) is 19.5 Å². The zero-order valence-electron chi connectivity index (χ0n) is 8.61. The first-order chi connectivity index (χ1) is 7.22. The fraction of sp³-hybridized carbons (Fsp3) is 0.300. The number of aryl methyl sites for hydroxylation is 1. The molecule has 0 amide bonds. The number of halogens is 1. The maximum absolute atomic E-state index is 4.28. The third-order valence-corrected chi connectivity index (χ3v) is 2.96. The minimum atomic E-state index is 0.665. The van der Waals surface area contributed by atoms with E-state index in [1.807, 2.05) is 30.8 Å². The van der Waals surface area contributed by atoms with Gasteiger partial charge in [0.25, 0.3) is 0 Å². The molecular weight excluding hydrogens is 256 g/mol. The molecule has 0 spiro atoms. The van der Waals surface area contributed by atoms with Crippen molar-refractivity contribution in [1.82, 2.24) is 19.5 Å². The van der Waals surface area contributed by atoms with Gasteiger partial charge < -0.3 is 0 Å². The average Bonchev–Trinajstić information content (AvgIpc) is 2.60. The van der Waals surface area contributed by atoms with Gasteiger partial charge in [-0.25, -0.2) is 15.0 Å². The van der Waals surface area contributed by atoms with Gasteiger partial charge in [-0.1, -0.05) is 15.9 Å². The van der Waals surface area contributed by atoms with Crippen LogP contribution in [0.15, 0.2) is 18.7 Å². The predicted octanol–water partition coefficient (Wildman–Crippen LogP) is 2.17. The van der Waals surface area contributed by atoms with Crippen LogP contribution in [0, 0.1) is 13.8 Å². The first-order valence-corrected chi connectivity index (χ1v) is 5.72. The largest absolute Gasteiger partial charge is 0.271 e. The summed E-state index contributed by atoms with van der Waals surface area (Å²) in [4.78, 5) is 12.8. The molecule has 0 aromatic carbocycles. The zero-order valence-corrected chi connectivity index (χ0v) is 10.2. The highest BCUT2D eigenvalue weighted by molar-refractivity contribution is 9.08. The van der Waals surface area contributed by atoms with E-state index < -0.39 is 0 Å². The molecule has 5 heteroatoms. The summed E-state index contributed by atoms with van der Waals surface area (Å²) in [5.41, 5.74) is 3.14. The molecule has 2 rings (SSSR count). The molecular formula is C10H11BrN4. The quantitative estimate of drug-likeness (QED) is 0.783. The number of alkyl halides is 1. The summed E-state index contributed by atoms with van der Waals surface area (Å²) in [5, 5.41) is 0.773. The lowest BCUT2D eigenvalue weighted by Crippen LogP contribution is -2.02. The molecule has 0 unspecified atom stereocenters. The number of hydrogen-bond donors (Lipinski definition) is 0. The van der Waals surface area contributed by atoms with Crippen molar-refractivity contribution in [3.8, 4) is 5.95 Å². The standard InChI is InChI=1S/C10H11BrN4/c1-7-8(2)15(6-14-7)10-12-4-9(3-11)5-13-10/h4-6H,3H2,1-2H3. The van der Waals surface area contributed by atoms with Crippen LogP contribution in [-0.2, 0) is 5.33 Å². The van der Waals surface area contributed by atoms with Crippen molar-refractivity contribution in [2.45, 2.75) is 19.2 Å². The number of rotatable bonds is 2. The Bertz CT molecular complexity index is 461. The van der Waals surface area contributed by atoms with Gasteiger partial charge in [0.15, 0.2) is 0 Å². The smallest absolute Gasteiger partial charge is 0.235 e. The molecule has 0 aliphatic rings. The third kappa shape index (κ3) is 1.92. The Morgan fingerprint density at radius 1 is 1.20 bits per heavy atom. The van der Waals surface area contributed by atoms with Gasteiger partial charge in [-0.3, -0.25) is 4.57 Å². The Balaban J connectivity index is 2.41. The van der Waals surface area contributed by atoms with E-state index in [0.717, 1.165) is 22.3 Å². The molecule has 0 radical (unpaired) electrons. The molecule has 15 heavy (non-hydrogen) atoms. The van der Waals surface area contributed by atoms with Crippen LogP contribution < -0.4 is 0 Å². The number of aromatic nitrogens is 4. The van der Waals surface area contributed by atoms with Crippen LogP contribution in [0.5, 0.6) is 0 Å². The van der Waals surface area contributed by atoms with Gasteiger partial charge in [0.2, 0.25) is 5.95 Å². The zero-order chi connectivity index (χ0) is 10.8.